The van der Waals surface area contributed by atoms with E-state index < -0.39 is 0 Å². The van der Waals surface area contributed by atoms with Crippen molar-refractivity contribution < 1.29 is 4.52 Å². The molecule has 1 aliphatic rings. The number of likely N-dealkylation sites (tertiary alicyclic amines) is 1. The summed E-state index contributed by atoms with van der Waals surface area (Å²) < 4.78 is 5.06. The Hall–Kier alpha value is -0.870. The highest BCUT2D eigenvalue weighted by Crippen LogP contribution is 2.11. The fourth-order valence-corrected chi connectivity index (χ4v) is 2.26. The molecule has 0 aliphatic carbocycles. The Morgan fingerprint density at radius 2 is 2.31 bits per heavy atom. The third kappa shape index (κ3) is 3.32. The molecule has 0 bridgehead atoms. The van der Waals surface area contributed by atoms with Crippen molar-refractivity contribution in [3.63, 3.8) is 0 Å². The van der Waals surface area contributed by atoms with Crippen LogP contribution in [-0.2, 0) is 6.54 Å². The van der Waals surface area contributed by atoms with Crippen molar-refractivity contribution >= 4 is 0 Å². The molecule has 1 aromatic heterocycles. The minimum Gasteiger partial charge on any atom is -0.360 e. The molecule has 4 heteroatoms. The van der Waals surface area contributed by atoms with Gasteiger partial charge in [-0.3, -0.25) is 0 Å². The predicted octanol–water partition coefficient (Wildman–Crippen LogP) is 1.64. The molecule has 16 heavy (non-hydrogen) atoms. The monoisotopic (exact) mass is 223 g/mol. The van der Waals surface area contributed by atoms with Crippen LogP contribution in [0.3, 0.4) is 0 Å². The van der Waals surface area contributed by atoms with E-state index in [9.17, 15) is 0 Å². The third-order valence-electron chi connectivity index (χ3n) is 3.18. The average molecular weight is 223 g/mol. The molecule has 0 spiro atoms. The lowest BCUT2D eigenvalue weighted by Crippen LogP contribution is -2.42. The number of rotatable bonds is 5. The number of piperidine rings is 1. The van der Waals surface area contributed by atoms with E-state index in [4.69, 9.17) is 4.52 Å². The molecule has 4 nitrogen and oxygen atoms in total. The van der Waals surface area contributed by atoms with Gasteiger partial charge in [0, 0.05) is 12.1 Å². The van der Waals surface area contributed by atoms with Gasteiger partial charge in [0.1, 0.15) is 5.76 Å². The minimum absolute atomic E-state index is 0.637. The first-order chi connectivity index (χ1) is 7.88. The smallest absolute Gasteiger partial charge is 0.150 e. The van der Waals surface area contributed by atoms with Gasteiger partial charge in [-0.15, -0.1) is 0 Å². The molecule has 1 saturated heterocycles. The van der Waals surface area contributed by atoms with Crippen molar-refractivity contribution in [2.45, 2.75) is 38.8 Å². The highest BCUT2D eigenvalue weighted by molar-refractivity contribution is 4.93. The Labute approximate surface area is 97.0 Å². The fraction of sp³-hybridized carbons (Fsp3) is 0.750. The van der Waals surface area contributed by atoms with E-state index in [2.05, 4.69) is 22.3 Å². The molecule has 0 atom stereocenters. The number of aromatic nitrogens is 1. The second-order valence-electron chi connectivity index (χ2n) is 4.48. The van der Waals surface area contributed by atoms with E-state index in [1.165, 1.54) is 38.9 Å². The summed E-state index contributed by atoms with van der Waals surface area (Å²) in [5, 5.41) is 7.23. The summed E-state index contributed by atoms with van der Waals surface area (Å²) in [7, 11) is 0. The van der Waals surface area contributed by atoms with Crippen molar-refractivity contribution in [1.29, 1.82) is 0 Å². The Morgan fingerprint density at radius 1 is 1.50 bits per heavy atom. The lowest BCUT2D eigenvalue weighted by Gasteiger charge is -2.31. The van der Waals surface area contributed by atoms with E-state index in [1.807, 2.05) is 6.07 Å². The molecule has 0 amide bonds. The van der Waals surface area contributed by atoms with E-state index in [1.54, 1.807) is 6.20 Å². The minimum atomic E-state index is 0.637. The first-order valence-electron chi connectivity index (χ1n) is 6.23. The molecule has 1 aliphatic heterocycles. The molecular weight excluding hydrogens is 202 g/mol. The highest BCUT2D eigenvalue weighted by atomic mass is 16.5. The van der Waals surface area contributed by atoms with Gasteiger partial charge in [-0.2, -0.15) is 0 Å². The molecule has 2 heterocycles. The van der Waals surface area contributed by atoms with Gasteiger partial charge in [0.25, 0.3) is 0 Å². The molecule has 90 valence electrons. The van der Waals surface area contributed by atoms with Crippen LogP contribution in [0, 0.1) is 0 Å². The normalized spacial score (nSPS) is 19.1. The van der Waals surface area contributed by atoms with Crippen LogP contribution in [0.4, 0.5) is 0 Å². The van der Waals surface area contributed by atoms with Gasteiger partial charge in [0.2, 0.25) is 0 Å². The molecule has 1 N–H and O–H groups in total. The standard InChI is InChI=1S/C12H21N3O/c1-2-7-15-8-4-11(5-9-15)13-10-12-3-6-14-16-12/h3,6,11,13H,2,4-5,7-10H2,1H3. The summed E-state index contributed by atoms with van der Waals surface area (Å²) in [6.45, 7) is 6.74. The van der Waals surface area contributed by atoms with Gasteiger partial charge in [0.05, 0.1) is 12.7 Å². The van der Waals surface area contributed by atoms with Crippen LogP contribution in [0.15, 0.2) is 16.8 Å². The molecule has 1 aromatic rings. The molecular formula is C12H21N3O. The zero-order chi connectivity index (χ0) is 11.2. The molecule has 2 rings (SSSR count). The molecule has 0 radical (unpaired) electrons. The van der Waals surface area contributed by atoms with E-state index in [0.29, 0.717) is 6.04 Å². The second kappa shape index (κ2) is 6.01. The van der Waals surface area contributed by atoms with E-state index in [0.717, 1.165) is 12.3 Å². The lowest BCUT2D eigenvalue weighted by molar-refractivity contribution is 0.195. The van der Waals surface area contributed by atoms with Crippen molar-refractivity contribution in [2.75, 3.05) is 19.6 Å². The van der Waals surface area contributed by atoms with Gasteiger partial charge in [0.15, 0.2) is 0 Å². The maximum atomic E-state index is 5.06. The Kier molecular flexibility index (Phi) is 4.36. The average Bonchev–Trinajstić information content (AvgIpc) is 2.82. The maximum Gasteiger partial charge on any atom is 0.150 e. The zero-order valence-corrected chi connectivity index (χ0v) is 9.98. The van der Waals surface area contributed by atoms with Crippen LogP contribution in [-0.4, -0.2) is 35.7 Å². The summed E-state index contributed by atoms with van der Waals surface area (Å²) >= 11 is 0. The van der Waals surface area contributed by atoms with Gasteiger partial charge in [-0.05, 0) is 38.9 Å². The van der Waals surface area contributed by atoms with Crippen molar-refractivity contribution in [3.05, 3.63) is 18.0 Å². The fourth-order valence-electron chi connectivity index (χ4n) is 2.26. The summed E-state index contributed by atoms with van der Waals surface area (Å²) in [6, 6.07) is 2.55. The first kappa shape index (κ1) is 11.6. The third-order valence-corrected chi connectivity index (χ3v) is 3.18. The van der Waals surface area contributed by atoms with E-state index >= 15 is 0 Å². The highest BCUT2D eigenvalue weighted by Gasteiger charge is 2.17. The van der Waals surface area contributed by atoms with Crippen LogP contribution in [0.2, 0.25) is 0 Å². The second-order valence-corrected chi connectivity index (χ2v) is 4.48. The van der Waals surface area contributed by atoms with Gasteiger partial charge >= 0.3 is 0 Å². The Balaban J connectivity index is 1.65. The SMILES string of the molecule is CCCN1CCC(NCc2ccno2)CC1. The van der Waals surface area contributed by atoms with Crippen molar-refractivity contribution in [3.8, 4) is 0 Å². The number of hydrogen-bond donors (Lipinski definition) is 1. The summed E-state index contributed by atoms with van der Waals surface area (Å²) in [5.74, 6) is 0.927. The van der Waals surface area contributed by atoms with Crippen LogP contribution in [0.5, 0.6) is 0 Å². The topological polar surface area (TPSA) is 41.3 Å². The van der Waals surface area contributed by atoms with Crippen LogP contribution in [0.25, 0.3) is 0 Å². The number of nitrogens with one attached hydrogen (secondary N) is 1. The zero-order valence-electron chi connectivity index (χ0n) is 9.98. The summed E-state index contributed by atoms with van der Waals surface area (Å²) in [6.07, 6.45) is 5.44. The number of hydrogen-bond acceptors (Lipinski definition) is 4. The van der Waals surface area contributed by atoms with E-state index in [-0.39, 0.29) is 0 Å². The summed E-state index contributed by atoms with van der Waals surface area (Å²) in [4.78, 5) is 2.55. The lowest BCUT2D eigenvalue weighted by atomic mass is 10.0. The molecule has 0 unspecified atom stereocenters. The van der Waals surface area contributed by atoms with Gasteiger partial charge in [-0.25, -0.2) is 0 Å². The Bertz CT molecular complexity index is 278. The van der Waals surface area contributed by atoms with Gasteiger partial charge in [-0.1, -0.05) is 12.1 Å². The summed E-state index contributed by atoms with van der Waals surface area (Å²) in [5.41, 5.74) is 0. The van der Waals surface area contributed by atoms with Crippen LogP contribution in [0.1, 0.15) is 31.9 Å². The largest absolute Gasteiger partial charge is 0.360 e. The van der Waals surface area contributed by atoms with Crippen molar-refractivity contribution in [1.82, 2.24) is 15.4 Å². The van der Waals surface area contributed by atoms with Crippen LogP contribution < -0.4 is 5.32 Å². The predicted molar refractivity (Wildman–Crippen MR) is 63.1 cm³/mol. The first-order valence-corrected chi connectivity index (χ1v) is 6.23. The number of nitrogens with zero attached hydrogens (tertiary/aromatic N) is 2. The van der Waals surface area contributed by atoms with Crippen molar-refractivity contribution in [2.24, 2.45) is 0 Å². The Morgan fingerprint density at radius 3 is 2.94 bits per heavy atom. The molecule has 1 fully saturated rings. The van der Waals surface area contributed by atoms with Crippen LogP contribution >= 0.6 is 0 Å². The molecule has 0 aromatic carbocycles. The molecule has 0 saturated carbocycles. The quantitative estimate of drug-likeness (QED) is 0.824. The van der Waals surface area contributed by atoms with Gasteiger partial charge < -0.3 is 14.7 Å². The maximum absolute atomic E-state index is 5.06.